The maximum Gasteiger partial charge on any atom is 0.0378 e. The summed E-state index contributed by atoms with van der Waals surface area (Å²) in [6.45, 7) is 6.70. The van der Waals surface area contributed by atoms with Gasteiger partial charge in [-0.25, -0.2) is 0 Å². The smallest absolute Gasteiger partial charge is 0.0378 e. The van der Waals surface area contributed by atoms with E-state index in [0.29, 0.717) is 6.04 Å². The minimum absolute atomic E-state index is 0.0327. The fourth-order valence-corrected chi connectivity index (χ4v) is 2.54. The largest absolute Gasteiger partial charge is 0.313 e. The lowest BCUT2D eigenvalue weighted by atomic mass is 9.94. The first kappa shape index (κ1) is 13.1. The second-order valence-electron chi connectivity index (χ2n) is 5.31. The summed E-state index contributed by atoms with van der Waals surface area (Å²) < 4.78 is 1.13. The average Bonchev–Trinajstić information content (AvgIpc) is 2.80. The van der Waals surface area contributed by atoms with Crippen LogP contribution >= 0.6 is 15.9 Å². The molecule has 2 N–H and O–H groups in total. The van der Waals surface area contributed by atoms with Crippen molar-refractivity contribution in [3.05, 3.63) is 34.3 Å². The van der Waals surface area contributed by atoms with Crippen LogP contribution in [-0.2, 0) is 5.54 Å². The third kappa shape index (κ3) is 3.54. The SMILES string of the molecule is CC(C)(NCC1CCCN1)c1ccc(Br)cc1. The van der Waals surface area contributed by atoms with Gasteiger partial charge in [-0.05, 0) is 50.9 Å². The Kier molecular flexibility index (Phi) is 4.23. The fourth-order valence-electron chi connectivity index (χ4n) is 2.28. The van der Waals surface area contributed by atoms with E-state index >= 15 is 0 Å². The minimum Gasteiger partial charge on any atom is -0.313 e. The second kappa shape index (κ2) is 5.51. The average molecular weight is 297 g/mol. The van der Waals surface area contributed by atoms with Gasteiger partial charge < -0.3 is 10.6 Å². The topological polar surface area (TPSA) is 24.1 Å². The lowest BCUT2D eigenvalue weighted by molar-refractivity contribution is 0.376. The lowest BCUT2D eigenvalue weighted by Gasteiger charge is -2.29. The van der Waals surface area contributed by atoms with Crippen LogP contribution in [0.5, 0.6) is 0 Å². The molecule has 3 heteroatoms. The van der Waals surface area contributed by atoms with Crippen LogP contribution in [0.25, 0.3) is 0 Å². The maximum atomic E-state index is 3.66. The highest BCUT2D eigenvalue weighted by Crippen LogP contribution is 2.22. The van der Waals surface area contributed by atoms with Gasteiger partial charge >= 0.3 is 0 Å². The zero-order valence-corrected chi connectivity index (χ0v) is 12.2. The molecule has 1 heterocycles. The van der Waals surface area contributed by atoms with Crippen LogP contribution in [0, 0.1) is 0 Å². The van der Waals surface area contributed by atoms with Crippen molar-refractivity contribution in [1.82, 2.24) is 10.6 Å². The predicted molar refractivity (Wildman–Crippen MR) is 76.2 cm³/mol. The Balaban J connectivity index is 1.94. The van der Waals surface area contributed by atoms with Gasteiger partial charge in [0.25, 0.3) is 0 Å². The van der Waals surface area contributed by atoms with Crippen LogP contribution in [0.2, 0.25) is 0 Å². The Bertz CT molecular complexity index is 353. The van der Waals surface area contributed by atoms with Gasteiger partial charge in [-0.15, -0.1) is 0 Å². The third-order valence-corrected chi connectivity index (χ3v) is 4.05. The third-order valence-electron chi connectivity index (χ3n) is 3.52. The molecule has 0 aromatic heterocycles. The molecule has 0 amide bonds. The van der Waals surface area contributed by atoms with Crippen molar-refractivity contribution in [3.63, 3.8) is 0 Å². The zero-order chi connectivity index (χ0) is 12.3. The van der Waals surface area contributed by atoms with Crippen LogP contribution in [-0.4, -0.2) is 19.1 Å². The van der Waals surface area contributed by atoms with Gasteiger partial charge in [-0.2, -0.15) is 0 Å². The van der Waals surface area contributed by atoms with Gasteiger partial charge in [0.05, 0.1) is 0 Å². The maximum absolute atomic E-state index is 3.66. The number of hydrogen-bond acceptors (Lipinski definition) is 2. The summed E-state index contributed by atoms with van der Waals surface area (Å²) in [5.74, 6) is 0. The molecule has 1 aromatic carbocycles. The molecule has 0 saturated carbocycles. The minimum atomic E-state index is 0.0327. The van der Waals surface area contributed by atoms with E-state index in [2.05, 4.69) is 64.7 Å². The second-order valence-corrected chi connectivity index (χ2v) is 6.22. The molecule has 0 bridgehead atoms. The summed E-state index contributed by atoms with van der Waals surface area (Å²) in [4.78, 5) is 0. The van der Waals surface area contributed by atoms with E-state index < -0.39 is 0 Å². The molecular formula is C14H21BrN2. The monoisotopic (exact) mass is 296 g/mol. The Labute approximate surface area is 112 Å². The first-order valence-corrected chi connectivity index (χ1v) is 7.12. The Hall–Kier alpha value is -0.380. The molecule has 0 spiro atoms. The molecule has 1 unspecified atom stereocenters. The van der Waals surface area contributed by atoms with Crippen molar-refractivity contribution in [2.45, 2.75) is 38.3 Å². The highest BCUT2D eigenvalue weighted by atomic mass is 79.9. The first-order chi connectivity index (χ1) is 8.08. The van der Waals surface area contributed by atoms with Crippen molar-refractivity contribution < 1.29 is 0 Å². The van der Waals surface area contributed by atoms with Gasteiger partial charge in [0.15, 0.2) is 0 Å². The standard InChI is InChI=1S/C14H21BrN2/c1-14(2,11-5-7-12(15)8-6-11)17-10-13-4-3-9-16-13/h5-8,13,16-17H,3-4,9-10H2,1-2H3. The van der Waals surface area contributed by atoms with Crippen LogP contribution in [0.15, 0.2) is 28.7 Å². The normalized spacial score (nSPS) is 20.8. The summed E-state index contributed by atoms with van der Waals surface area (Å²) in [5.41, 5.74) is 1.36. The van der Waals surface area contributed by atoms with Gasteiger partial charge in [0.2, 0.25) is 0 Å². The van der Waals surface area contributed by atoms with Gasteiger partial charge in [0, 0.05) is 22.6 Å². The summed E-state index contributed by atoms with van der Waals surface area (Å²) in [6, 6.07) is 9.21. The molecule has 1 atom stereocenters. The number of benzene rings is 1. The summed E-state index contributed by atoms with van der Waals surface area (Å²) in [7, 11) is 0. The van der Waals surface area contributed by atoms with Gasteiger partial charge in [-0.1, -0.05) is 28.1 Å². The van der Waals surface area contributed by atoms with E-state index in [-0.39, 0.29) is 5.54 Å². The van der Waals surface area contributed by atoms with E-state index in [9.17, 15) is 0 Å². The molecule has 1 aliphatic heterocycles. The fraction of sp³-hybridized carbons (Fsp3) is 0.571. The number of halogens is 1. The number of nitrogens with one attached hydrogen (secondary N) is 2. The van der Waals surface area contributed by atoms with E-state index in [1.165, 1.54) is 24.9 Å². The molecule has 2 rings (SSSR count). The Morgan fingerprint density at radius 3 is 2.65 bits per heavy atom. The van der Waals surface area contributed by atoms with Gasteiger partial charge in [0.1, 0.15) is 0 Å². The quantitative estimate of drug-likeness (QED) is 0.892. The van der Waals surface area contributed by atoms with Crippen LogP contribution < -0.4 is 10.6 Å². The molecular weight excluding hydrogens is 276 g/mol. The summed E-state index contributed by atoms with van der Waals surface area (Å²) >= 11 is 3.47. The van der Waals surface area contributed by atoms with Crippen molar-refractivity contribution in [1.29, 1.82) is 0 Å². The van der Waals surface area contributed by atoms with Crippen molar-refractivity contribution in [3.8, 4) is 0 Å². The molecule has 1 aromatic rings. The highest BCUT2D eigenvalue weighted by Gasteiger charge is 2.22. The summed E-state index contributed by atoms with van der Waals surface area (Å²) in [5, 5.41) is 7.18. The molecule has 94 valence electrons. The van der Waals surface area contributed by atoms with E-state index in [0.717, 1.165) is 11.0 Å². The van der Waals surface area contributed by atoms with Gasteiger partial charge in [-0.3, -0.25) is 0 Å². The molecule has 0 aliphatic carbocycles. The van der Waals surface area contributed by atoms with E-state index in [4.69, 9.17) is 0 Å². The van der Waals surface area contributed by atoms with Crippen molar-refractivity contribution >= 4 is 15.9 Å². The lowest BCUT2D eigenvalue weighted by Crippen LogP contribution is -2.43. The predicted octanol–water partition coefficient (Wildman–Crippen LogP) is 3.03. The van der Waals surface area contributed by atoms with Crippen molar-refractivity contribution in [2.24, 2.45) is 0 Å². The molecule has 1 fully saturated rings. The summed E-state index contributed by atoms with van der Waals surface area (Å²) in [6.07, 6.45) is 2.61. The molecule has 17 heavy (non-hydrogen) atoms. The molecule has 1 aliphatic rings. The molecule has 0 radical (unpaired) electrons. The van der Waals surface area contributed by atoms with Crippen molar-refractivity contribution in [2.75, 3.05) is 13.1 Å². The Morgan fingerprint density at radius 1 is 1.35 bits per heavy atom. The van der Waals surface area contributed by atoms with Crippen LogP contribution in [0.1, 0.15) is 32.3 Å². The van der Waals surface area contributed by atoms with E-state index in [1.54, 1.807) is 0 Å². The Morgan fingerprint density at radius 2 is 2.06 bits per heavy atom. The number of hydrogen-bond donors (Lipinski definition) is 2. The number of rotatable bonds is 4. The van der Waals surface area contributed by atoms with Crippen LogP contribution in [0.4, 0.5) is 0 Å². The first-order valence-electron chi connectivity index (χ1n) is 6.32. The zero-order valence-electron chi connectivity index (χ0n) is 10.6. The highest BCUT2D eigenvalue weighted by molar-refractivity contribution is 9.10. The molecule has 1 saturated heterocycles. The molecule has 2 nitrogen and oxygen atoms in total. The van der Waals surface area contributed by atoms with Crippen LogP contribution in [0.3, 0.4) is 0 Å². The van der Waals surface area contributed by atoms with E-state index in [1.807, 2.05) is 0 Å².